The Morgan fingerprint density at radius 2 is 1.95 bits per heavy atom. The maximum absolute atomic E-state index is 12.1. The Kier molecular flexibility index (Phi) is 3.60. The fourth-order valence-electron chi connectivity index (χ4n) is 2.38. The number of aryl methyl sites for hydroxylation is 2. The van der Waals surface area contributed by atoms with Gasteiger partial charge < -0.3 is 9.80 Å². The predicted octanol–water partition coefficient (Wildman–Crippen LogP) is 1.74. The van der Waals surface area contributed by atoms with Gasteiger partial charge in [0.1, 0.15) is 0 Å². The molecule has 0 unspecified atom stereocenters. The van der Waals surface area contributed by atoms with E-state index in [2.05, 4.69) is 0 Å². The Hall–Kier alpha value is -1.84. The smallest absolute Gasteiger partial charge is 0.227 e. The molecule has 1 aliphatic rings. The van der Waals surface area contributed by atoms with Crippen LogP contribution in [-0.4, -0.2) is 37.4 Å². The van der Waals surface area contributed by atoms with Gasteiger partial charge in [-0.1, -0.05) is 6.07 Å². The molecule has 0 bridgehead atoms. The largest absolute Gasteiger partial charge is 0.349 e. The van der Waals surface area contributed by atoms with Crippen LogP contribution in [0.4, 0.5) is 5.69 Å². The molecule has 19 heavy (non-hydrogen) atoms. The van der Waals surface area contributed by atoms with Crippen LogP contribution in [0.15, 0.2) is 18.2 Å². The molecule has 2 rings (SSSR count). The third-order valence-electron chi connectivity index (χ3n) is 3.72. The first-order valence-electron chi connectivity index (χ1n) is 6.49. The number of hydrogen-bond donors (Lipinski definition) is 0. The highest BCUT2D eigenvalue weighted by Gasteiger charge is 2.35. The van der Waals surface area contributed by atoms with Gasteiger partial charge in [-0.3, -0.25) is 9.59 Å². The monoisotopic (exact) mass is 260 g/mol. The molecule has 2 amide bonds. The molecule has 1 atom stereocenters. The van der Waals surface area contributed by atoms with Crippen LogP contribution in [0.1, 0.15) is 17.5 Å². The van der Waals surface area contributed by atoms with Gasteiger partial charge in [-0.2, -0.15) is 0 Å². The fourth-order valence-corrected chi connectivity index (χ4v) is 2.38. The van der Waals surface area contributed by atoms with E-state index in [1.807, 2.05) is 32.0 Å². The van der Waals surface area contributed by atoms with Gasteiger partial charge in [-0.25, -0.2) is 0 Å². The molecular formula is C15H20N2O2. The average molecular weight is 260 g/mol. The maximum atomic E-state index is 12.1. The van der Waals surface area contributed by atoms with Crippen molar-refractivity contribution in [3.05, 3.63) is 29.3 Å². The number of benzene rings is 1. The Labute approximate surface area is 114 Å². The molecule has 0 saturated carbocycles. The van der Waals surface area contributed by atoms with Crippen LogP contribution in [0.5, 0.6) is 0 Å². The second-order valence-electron chi connectivity index (χ2n) is 5.41. The molecule has 1 aromatic rings. The molecule has 0 N–H and O–H groups in total. The lowest BCUT2D eigenvalue weighted by Gasteiger charge is -2.19. The summed E-state index contributed by atoms with van der Waals surface area (Å²) in [4.78, 5) is 27.3. The van der Waals surface area contributed by atoms with E-state index in [1.165, 1.54) is 5.56 Å². The molecule has 4 heteroatoms. The fraction of sp³-hybridized carbons (Fsp3) is 0.467. The van der Waals surface area contributed by atoms with Crippen LogP contribution >= 0.6 is 0 Å². The summed E-state index contributed by atoms with van der Waals surface area (Å²) in [5.41, 5.74) is 3.26. The van der Waals surface area contributed by atoms with Crippen LogP contribution in [0.2, 0.25) is 0 Å². The van der Waals surface area contributed by atoms with Gasteiger partial charge in [0.25, 0.3) is 0 Å². The first kappa shape index (κ1) is 13.6. The highest BCUT2D eigenvalue weighted by molar-refractivity contribution is 6.00. The van der Waals surface area contributed by atoms with Crippen molar-refractivity contribution >= 4 is 17.5 Å². The quantitative estimate of drug-likeness (QED) is 0.812. The first-order chi connectivity index (χ1) is 8.90. The number of anilines is 1. The molecule has 1 heterocycles. The van der Waals surface area contributed by atoms with E-state index in [-0.39, 0.29) is 17.7 Å². The Morgan fingerprint density at radius 1 is 1.26 bits per heavy atom. The minimum absolute atomic E-state index is 0.0275. The van der Waals surface area contributed by atoms with Crippen molar-refractivity contribution in [2.45, 2.75) is 20.3 Å². The Bertz CT molecular complexity index is 523. The van der Waals surface area contributed by atoms with E-state index in [9.17, 15) is 9.59 Å². The molecule has 1 saturated heterocycles. The highest BCUT2D eigenvalue weighted by Crippen LogP contribution is 2.27. The van der Waals surface area contributed by atoms with Gasteiger partial charge in [0, 0.05) is 32.7 Å². The third kappa shape index (κ3) is 2.62. The summed E-state index contributed by atoms with van der Waals surface area (Å²) in [7, 11) is 3.46. The van der Waals surface area contributed by atoms with Crippen LogP contribution in [0.25, 0.3) is 0 Å². The van der Waals surface area contributed by atoms with Crippen molar-refractivity contribution < 1.29 is 9.59 Å². The SMILES string of the molecule is Cc1ccc(N2C[C@H](C(=O)N(C)C)CC2=O)cc1C. The summed E-state index contributed by atoms with van der Waals surface area (Å²) >= 11 is 0. The molecule has 0 aliphatic carbocycles. The second-order valence-corrected chi connectivity index (χ2v) is 5.41. The summed E-state index contributed by atoms with van der Waals surface area (Å²) < 4.78 is 0. The van der Waals surface area contributed by atoms with Crippen molar-refractivity contribution in [2.24, 2.45) is 5.92 Å². The summed E-state index contributed by atoms with van der Waals surface area (Å²) in [6.07, 6.45) is 0.309. The van der Waals surface area contributed by atoms with Crippen LogP contribution in [0, 0.1) is 19.8 Å². The van der Waals surface area contributed by atoms with Gasteiger partial charge in [-0.15, -0.1) is 0 Å². The average Bonchev–Trinajstić information content (AvgIpc) is 2.73. The van der Waals surface area contributed by atoms with Gasteiger partial charge in [0.05, 0.1) is 5.92 Å². The van der Waals surface area contributed by atoms with Gasteiger partial charge >= 0.3 is 0 Å². The standard InChI is InChI=1S/C15H20N2O2/c1-10-5-6-13(7-11(10)2)17-9-12(8-14(17)18)15(19)16(3)4/h5-7,12H,8-9H2,1-4H3/t12-/m1/s1. The van der Waals surface area contributed by atoms with Crippen LogP contribution < -0.4 is 4.90 Å². The number of carbonyl (C=O) groups excluding carboxylic acids is 2. The highest BCUT2D eigenvalue weighted by atomic mass is 16.2. The van der Waals surface area contributed by atoms with E-state index in [1.54, 1.807) is 23.9 Å². The minimum Gasteiger partial charge on any atom is -0.349 e. The predicted molar refractivity (Wildman–Crippen MR) is 75.1 cm³/mol. The topological polar surface area (TPSA) is 40.6 Å². The molecule has 1 aromatic carbocycles. The van der Waals surface area contributed by atoms with Gasteiger partial charge in [-0.05, 0) is 37.1 Å². The number of rotatable bonds is 2. The van der Waals surface area contributed by atoms with E-state index < -0.39 is 0 Å². The lowest BCUT2D eigenvalue weighted by atomic mass is 10.1. The molecule has 0 aromatic heterocycles. The lowest BCUT2D eigenvalue weighted by molar-refractivity contribution is -0.133. The van der Waals surface area contributed by atoms with Crippen LogP contribution in [-0.2, 0) is 9.59 Å². The van der Waals surface area contributed by atoms with Gasteiger partial charge in [0.2, 0.25) is 11.8 Å². The van der Waals surface area contributed by atoms with Crippen molar-refractivity contribution in [3.63, 3.8) is 0 Å². The van der Waals surface area contributed by atoms with E-state index in [0.29, 0.717) is 13.0 Å². The number of hydrogen-bond acceptors (Lipinski definition) is 2. The summed E-state index contributed by atoms with van der Waals surface area (Å²) in [6, 6.07) is 5.97. The third-order valence-corrected chi connectivity index (χ3v) is 3.72. The molecule has 102 valence electrons. The van der Waals surface area contributed by atoms with Crippen molar-refractivity contribution in [1.82, 2.24) is 4.90 Å². The molecule has 1 fully saturated rings. The molecule has 1 aliphatic heterocycles. The number of amides is 2. The van der Waals surface area contributed by atoms with Gasteiger partial charge in [0.15, 0.2) is 0 Å². The van der Waals surface area contributed by atoms with Crippen molar-refractivity contribution in [2.75, 3.05) is 25.5 Å². The van der Waals surface area contributed by atoms with Crippen LogP contribution in [0.3, 0.4) is 0 Å². The molecular weight excluding hydrogens is 240 g/mol. The minimum atomic E-state index is -0.218. The lowest BCUT2D eigenvalue weighted by Crippen LogP contribution is -2.32. The van der Waals surface area contributed by atoms with E-state index in [4.69, 9.17) is 0 Å². The summed E-state index contributed by atoms with van der Waals surface area (Å²) in [5, 5.41) is 0. The molecule has 0 radical (unpaired) electrons. The normalized spacial score (nSPS) is 18.8. The zero-order valence-electron chi connectivity index (χ0n) is 11.9. The summed E-state index contributed by atoms with van der Waals surface area (Å²) in [5.74, 6) is -0.160. The number of carbonyl (C=O) groups is 2. The molecule has 4 nitrogen and oxygen atoms in total. The second kappa shape index (κ2) is 5.03. The Balaban J connectivity index is 2.20. The van der Waals surface area contributed by atoms with E-state index in [0.717, 1.165) is 11.3 Å². The zero-order valence-corrected chi connectivity index (χ0v) is 11.9. The zero-order chi connectivity index (χ0) is 14.2. The Morgan fingerprint density at radius 3 is 2.53 bits per heavy atom. The van der Waals surface area contributed by atoms with E-state index >= 15 is 0 Å². The van der Waals surface area contributed by atoms with Crippen molar-refractivity contribution in [3.8, 4) is 0 Å². The van der Waals surface area contributed by atoms with Crippen molar-refractivity contribution in [1.29, 1.82) is 0 Å². The molecule has 0 spiro atoms. The summed E-state index contributed by atoms with van der Waals surface area (Å²) in [6.45, 7) is 4.56. The maximum Gasteiger partial charge on any atom is 0.227 e. The number of nitrogens with zero attached hydrogens (tertiary/aromatic N) is 2. The first-order valence-corrected chi connectivity index (χ1v) is 6.49.